The zero-order valence-electron chi connectivity index (χ0n) is 12.8. The SMILES string of the molecule is Fc1ccccc1-c1nnc(SCc2nnc(-c3ccccc3)o2)o1. The minimum atomic E-state index is -0.410. The van der Waals surface area contributed by atoms with Crippen molar-refractivity contribution in [1.29, 1.82) is 0 Å². The highest BCUT2D eigenvalue weighted by Gasteiger charge is 2.14. The number of hydrogen-bond donors (Lipinski definition) is 0. The molecular formula is C17H11FN4O2S. The first-order valence-corrected chi connectivity index (χ1v) is 8.37. The number of rotatable bonds is 5. The van der Waals surface area contributed by atoms with Gasteiger partial charge in [-0.15, -0.1) is 20.4 Å². The first-order valence-electron chi connectivity index (χ1n) is 7.38. The van der Waals surface area contributed by atoms with Crippen molar-refractivity contribution >= 4 is 11.8 Å². The lowest BCUT2D eigenvalue weighted by molar-refractivity contribution is 0.461. The van der Waals surface area contributed by atoms with Crippen LogP contribution in [0.1, 0.15) is 5.89 Å². The lowest BCUT2D eigenvalue weighted by Crippen LogP contribution is -1.82. The molecule has 0 aliphatic rings. The third-order valence-electron chi connectivity index (χ3n) is 3.32. The molecule has 0 bridgehead atoms. The summed E-state index contributed by atoms with van der Waals surface area (Å²) < 4.78 is 24.8. The van der Waals surface area contributed by atoms with Crippen LogP contribution in [0.5, 0.6) is 0 Å². The number of halogens is 1. The van der Waals surface area contributed by atoms with E-state index in [1.807, 2.05) is 30.3 Å². The molecule has 4 aromatic rings. The van der Waals surface area contributed by atoms with Crippen LogP contribution in [0.3, 0.4) is 0 Å². The Hall–Kier alpha value is -3.00. The summed E-state index contributed by atoms with van der Waals surface area (Å²) in [5, 5.41) is 16.1. The van der Waals surface area contributed by atoms with E-state index in [0.717, 1.165) is 5.56 Å². The number of benzene rings is 2. The van der Waals surface area contributed by atoms with Gasteiger partial charge in [-0.3, -0.25) is 0 Å². The number of nitrogens with zero attached hydrogens (tertiary/aromatic N) is 4. The minimum absolute atomic E-state index is 0.135. The van der Waals surface area contributed by atoms with Crippen molar-refractivity contribution in [3.63, 3.8) is 0 Å². The van der Waals surface area contributed by atoms with Crippen molar-refractivity contribution in [1.82, 2.24) is 20.4 Å². The predicted octanol–water partition coefficient (Wildman–Crippen LogP) is 4.22. The third-order valence-corrected chi connectivity index (χ3v) is 4.12. The van der Waals surface area contributed by atoms with E-state index >= 15 is 0 Å². The van der Waals surface area contributed by atoms with Gasteiger partial charge < -0.3 is 8.83 Å². The van der Waals surface area contributed by atoms with Gasteiger partial charge in [0.05, 0.1) is 11.3 Å². The molecule has 25 heavy (non-hydrogen) atoms. The van der Waals surface area contributed by atoms with E-state index in [-0.39, 0.29) is 11.5 Å². The van der Waals surface area contributed by atoms with Gasteiger partial charge in [0.1, 0.15) is 5.82 Å². The molecule has 0 saturated carbocycles. The maximum absolute atomic E-state index is 13.7. The molecule has 0 unspecified atom stereocenters. The van der Waals surface area contributed by atoms with E-state index in [1.165, 1.54) is 17.8 Å². The largest absolute Gasteiger partial charge is 0.420 e. The third kappa shape index (κ3) is 3.43. The summed E-state index contributed by atoms with van der Waals surface area (Å²) in [5.74, 6) is 0.991. The fraction of sp³-hybridized carbons (Fsp3) is 0.0588. The van der Waals surface area contributed by atoms with E-state index in [4.69, 9.17) is 8.83 Å². The van der Waals surface area contributed by atoms with Gasteiger partial charge in [-0.2, -0.15) is 0 Å². The summed E-state index contributed by atoms with van der Waals surface area (Å²) in [7, 11) is 0. The van der Waals surface area contributed by atoms with Gasteiger partial charge in [0.2, 0.25) is 11.8 Å². The van der Waals surface area contributed by atoms with E-state index in [1.54, 1.807) is 18.2 Å². The van der Waals surface area contributed by atoms with Crippen molar-refractivity contribution in [2.75, 3.05) is 0 Å². The molecule has 2 aromatic heterocycles. The molecular weight excluding hydrogens is 343 g/mol. The Morgan fingerprint density at radius 3 is 2.40 bits per heavy atom. The Morgan fingerprint density at radius 1 is 0.800 bits per heavy atom. The highest BCUT2D eigenvalue weighted by Crippen LogP contribution is 2.27. The summed E-state index contributed by atoms with van der Waals surface area (Å²) in [5.41, 5.74) is 1.12. The number of hydrogen-bond acceptors (Lipinski definition) is 7. The first-order chi connectivity index (χ1) is 12.3. The summed E-state index contributed by atoms with van der Waals surface area (Å²) in [4.78, 5) is 0. The van der Waals surface area contributed by atoms with Gasteiger partial charge >= 0.3 is 0 Å². The van der Waals surface area contributed by atoms with Crippen LogP contribution in [0.15, 0.2) is 68.7 Å². The lowest BCUT2D eigenvalue weighted by atomic mass is 10.2. The van der Waals surface area contributed by atoms with E-state index in [2.05, 4.69) is 20.4 Å². The summed E-state index contributed by atoms with van der Waals surface area (Å²) in [6, 6.07) is 15.7. The smallest absolute Gasteiger partial charge is 0.277 e. The fourth-order valence-corrected chi connectivity index (χ4v) is 2.74. The topological polar surface area (TPSA) is 77.8 Å². The molecule has 0 aliphatic carbocycles. The van der Waals surface area contributed by atoms with Crippen molar-refractivity contribution in [2.24, 2.45) is 0 Å². The highest BCUT2D eigenvalue weighted by molar-refractivity contribution is 7.98. The molecule has 0 atom stereocenters. The molecule has 124 valence electrons. The van der Waals surface area contributed by atoms with Crippen molar-refractivity contribution in [3.05, 3.63) is 66.3 Å². The zero-order chi connectivity index (χ0) is 17.1. The van der Waals surface area contributed by atoms with Gasteiger partial charge in [0, 0.05) is 5.56 Å². The first kappa shape index (κ1) is 15.5. The molecule has 2 aromatic carbocycles. The van der Waals surface area contributed by atoms with Crippen LogP contribution in [0.2, 0.25) is 0 Å². The molecule has 0 fully saturated rings. The molecule has 4 rings (SSSR count). The average Bonchev–Trinajstić information content (AvgIpc) is 3.31. The van der Waals surface area contributed by atoms with Crippen LogP contribution in [-0.4, -0.2) is 20.4 Å². The van der Waals surface area contributed by atoms with E-state index in [0.29, 0.717) is 22.8 Å². The Balaban J connectivity index is 1.44. The van der Waals surface area contributed by atoms with Crippen LogP contribution in [0.25, 0.3) is 22.9 Å². The van der Waals surface area contributed by atoms with Gasteiger partial charge in [-0.25, -0.2) is 4.39 Å². The van der Waals surface area contributed by atoms with Crippen LogP contribution < -0.4 is 0 Å². The molecule has 0 saturated heterocycles. The summed E-state index contributed by atoms with van der Waals surface area (Å²) in [6.45, 7) is 0. The molecule has 0 aliphatic heterocycles. The predicted molar refractivity (Wildman–Crippen MR) is 89.0 cm³/mol. The molecule has 0 amide bonds. The van der Waals surface area contributed by atoms with Crippen LogP contribution in [0.4, 0.5) is 4.39 Å². The van der Waals surface area contributed by atoms with Crippen molar-refractivity contribution in [2.45, 2.75) is 11.0 Å². The van der Waals surface area contributed by atoms with Crippen molar-refractivity contribution < 1.29 is 13.2 Å². The second-order valence-corrected chi connectivity index (χ2v) is 5.94. The Bertz CT molecular complexity index is 987. The fourth-order valence-electron chi connectivity index (χ4n) is 2.14. The van der Waals surface area contributed by atoms with Gasteiger partial charge in [0.25, 0.3) is 11.1 Å². The monoisotopic (exact) mass is 354 g/mol. The Morgan fingerprint density at radius 2 is 1.56 bits per heavy atom. The van der Waals surface area contributed by atoms with Crippen LogP contribution in [-0.2, 0) is 5.75 Å². The second-order valence-electron chi connectivity index (χ2n) is 5.01. The van der Waals surface area contributed by atoms with E-state index in [9.17, 15) is 4.39 Å². The van der Waals surface area contributed by atoms with Gasteiger partial charge in [-0.05, 0) is 24.3 Å². The standard InChI is InChI=1S/C17H11FN4O2S/c18-13-9-5-4-8-12(13)16-21-22-17(24-16)25-10-14-19-20-15(23-14)11-6-2-1-3-7-11/h1-9H,10H2. The lowest BCUT2D eigenvalue weighted by Gasteiger charge is -1.95. The number of aromatic nitrogens is 4. The summed E-state index contributed by atoms with van der Waals surface area (Å²) in [6.07, 6.45) is 0. The molecule has 6 nitrogen and oxygen atoms in total. The zero-order valence-corrected chi connectivity index (χ0v) is 13.6. The second kappa shape index (κ2) is 6.86. The molecule has 0 spiro atoms. The van der Waals surface area contributed by atoms with E-state index < -0.39 is 5.82 Å². The van der Waals surface area contributed by atoms with Crippen LogP contribution >= 0.6 is 11.8 Å². The maximum Gasteiger partial charge on any atom is 0.277 e. The minimum Gasteiger partial charge on any atom is -0.420 e. The van der Waals surface area contributed by atoms with Gasteiger partial charge in [-0.1, -0.05) is 42.1 Å². The molecule has 0 radical (unpaired) electrons. The van der Waals surface area contributed by atoms with Crippen LogP contribution in [0, 0.1) is 5.82 Å². The van der Waals surface area contributed by atoms with Gasteiger partial charge in [0.15, 0.2) is 0 Å². The quantitative estimate of drug-likeness (QED) is 0.497. The van der Waals surface area contributed by atoms with Crippen molar-refractivity contribution in [3.8, 4) is 22.9 Å². The Kier molecular flexibility index (Phi) is 4.26. The molecule has 2 heterocycles. The molecule has 0 N–H and O–H groups in total. The highest BCUT2D eigenvalue weighted by atomic mass is 32.2. The number of thioether (sulfide) groups is 1. The average molecular weight is 354 g/mol. The summed E-state index contributed by atoms with van der Waals surface area (Å²) >= 11 is 1.24. The molecule has 8 heteroatoms. The maximum atomic E-state index is 13.7. The Labute approximate surface area is 146 Å². The normalized spacial score (nSPS) is 10.9.